The van der Waals surface area contributed by atoms with Crippen molar-refractivity contribution in [3.63, 3.8) is 0 Å². The molecule has 1 aromatic heterocycles. The number of hydrogen-bond acceptors (Lipinski definition) is 3. The molecule has 5 heteroatoms. The van der Waals surface area contributed by atoms with Gasteiger partial charge in [0, 0.05) is 25.2 Å². The second kappa shape index (κ2) is 7.18. The molecule has 24 heavy (non-hydrogen) atoms. The Morgan fingerprint density at radius 1 is 1.38 bits per heavy atom. The number of aliphatic hydroxyl groups excluding tert-OH is 1. The molecule has 1 heterocycles. The zero-order chi connectivity index (χ0) is 17.1. The van der Waals surface area contributed by atoms with E-state index in [0.717, 1.165) is 24.8 Å². The lowest BCUT2D eigenvalue weighted by molar-refractivity contribution is -0.123. The smallest absolute Gasteiger partial charge is 0.220 e. The van der Waals surface area contributed by atoms with E-state index in [0.29, 0.717) is 6.42 Å². The molecule has 0 spiro atoms. The van der Waals surface area contributed by atoms with Gasteiger partial charge in [0.2, 0.25) is 5.91 Å². The first-order valence-corrected chi connectivity index (χ1v) is 8.53. The van der Waals surface area contributed by atoms with E-state index in [9.17, 15) is 9.90 Å². The molecule has 0 bridgehead atoms. The molecular weight excluding hydrogens is 302 g/mol. The summed E-state index contributed by atoms with van der Waals surface area (Å²) >= 11 is 0. The number of aliphatic hydroxyl groups is 1. The van der Waals surface area contributed by atoms with Crippen molar-refractivity contribution in [1.82, 2.24) is 15.1 Å². The Kier molecular flexibility index (Phi) is 5.00. The fourth-order valence-electron chi connectivity index (χ4n) is 3.23. The van der Waals surface area contributed by atoms with E-state index in [1.54, 1.807) is 10.9 Å². The maximum absolute atomic E-state index is 12.4. The lowest BCUT2D eigenvalue weighted by atomic mass is 9.75. The van der Waals surface area contributed by atoms with Crippen molar-refractivity contribution in [2.24, 2.45) is 13.0 Å². The minimum absolute atomic E-state index is 0.0471. The summed E-state index contributed by atoms with van der Waals surface area (Å²) in [5, 5.41) is 17.0. The highest BCUT2D eigenvalue weighted by atomic mass is 16.3. The van der Waals surface area contributed by atoms with E-state index in [1.807, 2.05) is 13.2 Å². The second-order valence-electron chi connectivity index (χ2n) is 6.86. The summed E-state index contributed by atoms with van der Waals surface area (Å²) in [7, 11) is 1.87. The van der Waals surface area contributed by atoms with Gasteiger partial charge in [0.15, 0.2) is 0 Å². The van der Waals surface area contributed by atoms with E-state index in [2.05, 4.69) is 41.6 Å². The van der Waals surface area contributed by atoms with Crippen LogP contribution in [0.15, 0.2) is 36.7 Å². The Labute approximate surface area is 142 Å². The molecule has 2 aromatic rings. The van der Waals surface area contributed by atoms with Crippen molar-refractivity contribution in [2.75, 3.05) is 0 Å². The molecule has 1 fully saturated rings. The van der Waals surface area contributed by atoms with Gasteiger partial charge < -0.3 is 10.4 Å². The molecule has 0 saturated heterocycles. The number of carbonyl (C=O) groups is 1. The van der Waals surface area contributed by atoms with Gasteiger partial charge in [-0.3, -0.25) is 9.48 Å². The Bertz CT molecular complexity index is 687. The van der Waals surface area contributed by atoms with Crippen LogP contribution in [0.1, 0.15) is 42.0 Å². The number of benzene rings is 1. The molecule has 2 N–H and O–H groups in total. The summed E-state index contributed by atoms with van der Waals surface area (Å²) in [4.78, 5) is 12.4. The minimum atomic E-state index is -0.237. The van der Waals surface area contributed by atoms with Crippen molar-refractivity contribution >= 4 is 5.91 Å². The molecule has 0 radical (unpaired) electrons. The van der Waals surface area contributed by atoms with E-state index in [-0.39, 0.29) is 24.0 Å². The first-order chi connectivity index (χ1) is 11.5. The van der Waals surface area contributed by atoms with Gasteiger partial charge in [-0.25, -0.2) is 0 Å². The number of amides is 1. The van der Waals surface area contributed by atoms with Gasteiger partial charge in [0.1, 0.15) is 0 Å². The van der Waals surface area contributed by atoms with Crippen LogP contribution in [0, 0.1) is 12.8 Å². The average molecular weight is 327 g/mol. The summed E-state index contributed by atoms with van der Waals surface area (Å²) in [5.74, 6) is 0.332. The third-order valence-electron chi connectivity index (χ3n) is 4.78. The summed E-state index contributed by atoms with van der Waals surface area (Å²) in [6.07, 6.45) is 6.17. The Morgan fingerprint density at radius 2 is 2.08 bits per heavy atom. The van der Waals surface area contributed by atoms with Crippen LogP contribution < -0.4 is 5.32 Å². The van der Waals surface area contributed by atoms with Crippen molar-refractivity contribution in [1.29, 1.82) is 0 Å². The van der Waals surface area contributed by atoms with Crippen LogP contribution in [0.25, 0.3) is 0 Å². The predicted molar refractivity (Wildman–Crippen MR) is 92.3 cm³/mol. The summed E-state index contributed by atoms with van der Waals surface area (Å²) in [5.41, 5.74) is 3.41. The lowest BCUT2D eigenvalue weighted by Gasteiger charge is -2.37. The molecule has 128 valence electrons. The first kappa shape index (κ1) is 16.7. The Hall–Kier alpha value is -2.14. The highest BCUT2D eigenvalue weighted by Gasteiger charge is 2.36. The van der Waals surface area contributed by atoms with E-state index >= 15 is 0 Å². The highest BCUT2D eigenvalue weighted by molar-refractivity contribution is 5.76. The van der Waals surface area contributed by atoms with Crippen LogP contribution in [0.4, 0.5) is 0 Å². The molecule has 1 aliphatic carbocycles. The third kappa shape index (κ3) is 4.03. The van der Waals surface area contributed by atoms with E-state index in [4.69, 9.17) is 0 Å². The molecule has 3 rings (SSSR count). The number of rotatable bonds is 6. The summed E-state index contributed by atoms with van der Waals surface area (Å²) in [6.45, 7) is 2.06. The van der Waals surface area contributed by atoms with Gasteiger partial charge in [-0.05, 0) is 37.7 Å². The fraction of sp³-hybridized carbons (Fsp3) is 0.474. The molecule has 1 aliphatic rings. The van der Waals surface area contributed by atoms with Crippen LogP contribution in [0.5, 0.6) is 0 Å². The normalized spacial score (nSPS) is 21.1. The fourth-order valence-corrected chi connectivity index (χ4v) is 3.23. The second-order valence-corrected chi connectivity index (χ2v) is 6.86. The van der Waals surface area contributed by atoms with Gasteiger partial charge in [-0.15, -0.1) is 0 Å². The molecule has 0 aliphatic heterocycles. The number of nitrogens with zero attached hydrogens (tertiary/aromatic N) is 2. The lowest BCUT2D eigenvalue weighted by Crippen LogP contribution is -2.41. The van der Waals surface area contributed by atoms with Gasteiger partial charge in [0.05, 0.1) is 18.3 Å². The monoisotopic (exact) mass is 327 g/mol. The number of nitrogens with one attached hydrogen (secondary N) is 1. The molecule has 1 saturated carbocycles. The van der Waals surface area contributed by atoms with Crippen LogP contribution in [0.2, 0.25) is 0 Å². The number of aromatic nitrogens is 2. The van der Waals surface area contributed by atoms with Crippen molar-refractivity contribution in [3.8, 4) is 0 Å². The van der Waals surface area contributed by atoms with Crippen LogP contribution in [-0.4, -0.2) is 26.9 Å². The Morgan fingerprint density at radius 3 is 2.67 bits per heavy atom. The molecule has 1 atom stereocenters. The summed E-state index contributed by atoms with van der Waals surface area (Å²) in [6, 6.07) is 8.23. The molecule has 1 unspecified atom stereocenters. The number of aryl methyl sites for hydroxylation is 3. The molecular formula is C19H25N3O2. The van der Waals surface area contributed by atoms with Crippen molar-refractivity contribution < 1.29 is 9.90 Å². The number of carbonyl (C=O) groups excluding carboxylic acids is 1. The maximum atomic E-state index is 12.4. The van der Waals surface area contributed by atoms with E-state index in [1.165, 1.54) is 11.1 Å². The quantitative estimate of drug-likeness (QED) is 0.855. The SMILES string of the molecule is Cc1ccc(CCC(=O)NC(c2cnn(C)c2)C2CC(O)C2)cc1. The van der Waals surface area contributed by atoms with Crippen LogP contribution in [-0.2, 0) is 18.3 Å². The van der Waals surface area contributed by atoms with Crippen LogP contribution in [0.3, 0.4) is 0 Å². The van der Waals surface area contributed by atoms with Crippen molar-refractivity contribution in [2.45, 2.75) is 44.8 Å². The average Bonchev–Trinajstić information content (AvgIpc) is 2.96. The van der Waals surface area contributed by atoms with Gasteiger partial charge in [-0.1, -0.05) is 29.8 Å². The maximum Gasteiger partial charge on any atom is 0.220 e. The third-order valence-corrected chi connectivity index (χ3v) is 4.78. The first-order valence-electron chi connectivity index (χ1n) is 8.53. The topological polar surface area (TPSA) is 67.2 Å². The molecule has 1 amide bonds. The summed E-state index contributed by atoms with van der Waals surface area (Å²) < 4.78 is 1.75. The standard InChI is InChI=1S/C19H25N3O2/c1-13-3-5-14(6-4-13)7-8-18(24)21-19(15-9-17(23)10-15)16-11-20-22(2)12-16/h3-6,11-12,15,17,19,23H,7-10H2,1-2H3,(H,21,24). The largest absolute Gasteiger partial charge is 0.393 e. The van der Waals surface area contributed by atoms with Gasteiger partial charge in [0.25, 0.3) is 0 Å². The van der Waals surface area contributed by atoms with Crippen molar-refractivity contribution in [3.05, 3.63) is 53.3 Å². The predicted octanol–water partition coefficient (Wildman–Crippen LogP) is 2.29. The van der Waals surface area contributed by atoms with Crippen LogP contribution >= 0.6 is 0 Å². The molecule has 1 aromatic carbocycles. The Balaban J connectivity index is 1.59. The number of hydrogen-bond donors (Lipinski definition) is 2. The molecule has 5 nitrogen and oxygen atoms in total. The van der Waals surface area contributed by atoms with E-state index < -0.39 is 0 Å². The minimum Gasteiger partial charge on any atom is -0.393 e. The van der Waals surface area contributed by atoms with Gasteiger partial charge in [-0.2, -0.15) is 5.10 Å². The zero-order valence-electron chi connectivity index (χ0n) is 14.3. The van der Waals surface area contributed by atoms with Gasteiger partial charge >= 0.3 is 0 Å². The highest BCUT2D eigenvalue weighted by Crippen LogP contribution is 2.38. The zero-order valence-corrected chi connectivity index (χ0v) is 14.3.